The molecular weight excluding hydrogens is 240 g/mol. The zero-order chi connectivity index (χ0) is 10.8. The van der Waals surface area contributed by atoms with Gasteiger partial charge in [-0.05, 0) is 6.92 Å². The Balaban J connectivity index is 0.00000196. The van der Waals surface area contributed by atoms with Crippen LogP contribution in [0, 0.1) is 5.82 Å². The third-order valence-electron chi connectivity index (χ3n) is 1.52. The molecule has 0 N–H and O–H groups in total. The van der Waals surface area contributed by atoms with Crippen LogP contribution in [0.2, 0.25) is 0 Å². The van der Waals surface area contributed by atoms with Crippen molar-refractivity contribution in [3.63, 3.8) is 0 Å². The Hall–Kier alpha value is 0.371. The van der Waals surface area contributed by atoms with E-state index >= 15 is 0 Å². The fourth-order valence-corrected chi connectivity index (χ4v) is 0.929. The van der Waals surface area contributed by atoms with Crippen molar-refractivity contribution in [2.75, 3.05) is 6.61 Å². The third kappa shape index (κ3) is 4.03. The van der Waals surface area contributed by atoms with Gasteiger partial charge in [0.05, 0.1) is 6.61 Å². The number of rotatable bonds is 3. The molecule has 0 aliphatic carbocycles. The minimum absolute atomic E-state index is 0. The fourth-order valence-electron chi connectivity index (χ4n) is 0.929. The first-order valence-corrected chi connectivity index (χ1v) is 3.94. The van der Waals surface area contributed by atoms with Crippen molar-refractivity contribution in [1.29, 1.82) is 0 Å². The fraction of sp³-hybridized carbons (Fsp3) is 0.286. The monoisotopic (exact) mass is 247 g/mol. The van der Waals surface area contributed by atoms with Crippen molar-refractivity contribution in [2.24, 2.45) is 0 Å². The average Bonchev–Trinajstić information content (AvgIpc) is 2.07. The summed E-state index contributed by atoms with van der Waals surface area (Å²) in [5.74, 6) is -2.05. The van der Waals surface area contributed by atoms with Crippen LogP contribution < -0.4 is 61.6 Å². The van der Waals surface area contributed by atoms with Gasteiger partial charge in [-0.3, -0.25) is 0 Å². The molecule has 0 bridgehead atoms. The molecule has 0 saturated heterocycles. The molecule has 1 rings (SSSR count). The predicted octanol–water partition coefficient (Wildman–Crippen LogP) is -1.32. The molecule has 0 aromatic carbocycles. The van der Waals surface area contributed by atoms with Gasteiger partial charge in [-0.2, -0.15) is 0 Å². The van der Waals surface area contributed by atoms with E-state index in [1.807, 2.05) is 0 Å². The molecule has 2 nitrogen and oxygen atoms in total. The Morgan fingerprint density at radius 2 is 2.00 bits per heavy atom. The zero-order valence-electron chi connectivity index (χ0n) is 8.31. The van der Waals surface area contributed by atoms with Gasteiger partial charge in [0, 0.05) is 6.20 Å². The molecule has 8 heteroatoms. The summed E-state index contributed by atoms with van der Waals surface area (Å²) in [5, 5.41) is 0. The maximum atomic E-state index is 13.1. The van der Waals surface area contributed by atoms with Crippen LogP contribution in [0.1, 0.15) is 6.92 Å². The standard InChI is InChI=1S/C7H7BF4NO.K/c1-2-14-7-6(9)5(3-4-13-7)8(10,11)12;/h3-4H,2H2,1H3;/q-1;+1. The Kier molecular flexibility index (Phi) is 6.34. The summed E-state index contributed by atoms with van der Waals surface area (Å²) < 4.78 is 54.3. The molecule has 1 aromatic rings. The van der Waals surface area contributed by atoms with Crippen LogP contribution in [0.3, 0.4) is 0 Å². The molecule has 0 amide bonds. The second-order valence-electron chi connectivity index (χ2n) is 2.53. The van der Waals surface area contributed by atoms with Gasteiger partial charge >= 0.3 is 58.4 Å². The summed E-state index contributed by atoms with van der Waals surface area (Å²) in [7, 11) is 0. The van der Waals surface area contributed by atoms with Crippen molar-refractivity contribution in [3.05, 3.63) is 18.1 Å². The second-order valence-corrected chi connectivity index (χ2v) is 2.53. The van der Waals surface area contributed by atoms with Crippen LogP contribution >= 0.6 is 0 Å². The third-order valence-corrected chi connectivity index (χ3v) is 1.52. The molecule has 0 fully saturated rings. The first-order chi connectivity index (χ1) is 6.46. The number of pyridine rings is 1. The van der Waals surface area contributed by atoms with Crippen molar-refractivity contribution >= 4 is 12.4 Å². The molecule has 1 aromatic heterocycles. The van der Waals surface area contributed by atoms with Crippen LogP contribution in [-0.2, 0) is 0 Å². The number of aromatic nitrogens is 1. The summed E-state index contributed by atoms with van der Waals surface area (Å²) in [6.07, 6.45) is 0.874. The zero-order valence-corrected chi connectivity index (χ0v) is 11.4. The number of nitrogens with zero attached hydrogens (tertiary/aromatic N) is 1. The number of ether oxygens (including phenoxy) is 1. The number of hydrogen-bond acceptors (Lipinski definition) is 2. The van der Waals surface area contributed by atoms with E-state index in [-0.39, 0.29) is 58.0 Å². The van der Waals surface area contributed by atoms with Crippen LogP contribution in [0.4, 0.5) is 17.3 Å². The Morgan fingerprint density at radius 1 is 1.40 bits per heavy atom. The first kappa shape index (κ1) is 15.4. The Morgan fingerprint density at radius 3 is 2.47 bits per heavy atom. The molecule has 78 valence electrons. The van der Waals surface area contributed by atoms with E-state index in [0.717, 1.165) is 6.20 Å². The summed E-state index contributed by atoms with van der Waals surface area (Å²) in [4.78, 5) is 3.35. The minimum atomic E-state index is -5.36. The molecule has 0 spiro atoms. The number of hydrogen-bond donors (Lipinski definition) is 0. The summed E-state index contributed by atoms with van der Waals surface area (Å²) >= 11 is 0. The van der Waals surface area contributed by atoms with Crippen molar-refractivity contribution in [1.82, 2.24) is 4.98 Å². The molecule has 15 heavy (non-hydrogen) atoms. The molecule has 0 radical (unpaired) electrons. The summed E-state index contributed by atoms with van der Waals surface area (Å²) in [6, 6.07) is 0.595. The maximum Gasteiger partial charge on any atom is 1.00 e. The van der Waals surface area contributed by atoms with E-state index in [1.165, 1.54) is 6.92 Å². The van der Waals surface area contributed by atoms with E-state index < -0.39 is 24.1 Å². The van der Waals surface area contributed by atoms with Crippen molar-refractivity contribution < 1.29 is 73.5 Å². The topological polar surface area (TPSA) is 22.1 Å². The summed E-state index contributed by atoms with van der Waals surface area (Å²) in [5.41, 5.74) is -1.30. The SMILES string of the molecule is CCOc1nccc([B-](F)(F)F)c1F.[K+]. The largest absolute Gasteiger partial charge is 1.00 e. The molecule has 0 aliphatic heterocycles. The minimum Gasteiger partial charge on any atom is -0.476 e. The normalized spacial score (nSPS) is 10.7. The molecular formula is C7H7BF4KNO. The molecule has 0 unspecified atom stereocenters. The van der Waals surface area contributed by atoms with Gasteiger partial charge in [0.1, 0.15) is 0 Å². The Bertz CT molecular complexity index is 333. The van der Waals surface area contributed by atoms with Gasteiger partial charge in [0.15, 0.2) is 5.82 Å². The van der Waals surface area contributed by atoms with Gasteiger partial charge in [-0.25, -0.2) is 9.37 Å². The van der Waals surface area contributed by atoms with Gasteiger partial charge < -0.3 is 17.7 Å². The van der Waals surface area contributed by atoms with E-state index in [2.05, 4.69) is 9.72 Å². The van der Waals surface area contributed by atoms with Gasteiger partial charge in [0.2, 0.25) is 5.88 Å². The van der Waals surface area contributed by atoms with E-state index in [0.29, 0.717) is 6.07 Å². The van der Waals surface area contributed by atoms with Gasteiger partial charge in [0.25, 0.3) is 0 Å². The van der Waals surface area contributed by atoms with E-state index in [1.54, 1.807) is 0 Å². The molecule has 0 aliphatic rings. The van der Waals surface area contributed by atoms with Crippen molar-refractivity contribution in [3.8, 4) is 5.88 Å². The van der Waals surface area contributed by atoms with Crippen molar-refractivity contribution in [2.45, 2.75) is 6.92 Å². The van der Waals surface area contributed by atoms with Gasteiger partial charge in [-0.1, -0.05) is 11.5 Å². The molecule has 0 atom stereocenters. The van der Waals surface area contributed by atoms with E-state index in [4.69, 9.17) is 0 Å². The maximum absolute atomic E-state index is 13.1. The predicted molar refractivity (Wildman–Crippen MR) is 44.1 cm³/mol. The van der Waals surface area contributed by atoms with Crippen LogP contribution in [-0.4, -0.2) is 18.6 Å². The van der Waals surface area contributed by atoms with Gasteiger partial charge in [-0.15, -0.1) is 0 Å². The average molecular weight is 247 g/mol. The van der Waals surface area contributed by atoms with Crippen LogP contribution in [0.15, 0.2) is 12.3 Å². The quantitative estimate of drug-likeness (QED) is 0.488. The molecule has 0 saturated carbocycles. The smallest absolute Gasteiger partial charge is 0.476 e. The van der Waals surface area contributed by atoms with Crippen LogP contribution in [0.25, 0.3) is 0 Å². The summed E-state index contributed by atoms with van der Waals surface area (Å²) in [6.45, 7) is -3.76. The first-order valence-electron chi connectivity index (χ1n) is 3.94. The van der Waals surface area contributed by atoms with Crippen LogP contribution in [0.5, 0.6) is 5.88 Å². The second kappa shape index (κ2) is 6.19. The van der Waals surface area contributed by atoms with E-state index in [9.17, 15) is 17.3 Å². The number of halogens is 4. The molecule has 1 heterocycles. The Labute approximate surface area is 127 Å².